The minimum atomic E-state index is -5.08. The summed E-state index contributed by atoms with van der Waals surface area (Å²) in [4.78, 5) is 38.0. The van der Waals surface area contributed by atoms with Crippen LogP contribution < -0.4 is 15.1 Å². The monoisotopic (exact) mass is 569 g/mol. The summed E-state index contributed by atoms with van der Waals surface area (Å²) in [6, 6.07) is 14.4. The van der Waals surface area contributed by atoms with E-state index >= 15 is 0 Å². The number of hydrogen-bond acceptors (Lipinski definition) is 6. The lowest BCUT2D eigenvalue weighted by Gasteiger charge is -2.38. The Bertz CT molecular complexity index is 1310. The number of rotatable bonds is 5. The number of thiophene rings is 1. The van der Waals surface area contributed by atoms with E-state index in [4.69, 9.17) is 21.5 Å². The van der Waals surface area contributed by atoms with Gasteiger partial charge >= 0.3 is 18.1 Å². The van der Waals surface area contributed by atoms with Gasteiger partial charge in [0.05, 0.1) is 16.1 Å². The summed E-state index contributed by atoms with van der Waals surface area (Å²) in [6.45, 7) is 4.96. The van der Waals surface area contributed by atoms with Crippen molar-refractivity contribution in [2.24, 2.45) is 0 Å². The molecule has 1 fully saturated rings. The van der Waals surface area contributed by atoms with E-state index in [2.05, 4.69) is 22.0 Å². The summed E-state index contributed by atoms with van der Waals surface area (Å²) < 4.78 is 31.7. The maximum Gasteiger partial charge on any atom is 0.490 e. The Morgan fingerprint density at radius 2 is 1.55 bits per heavy atom. The number of aromatic carboxylic acids is 1. The van der Waals surface area contributed by atoms with Crippen LogP contribution >= 0.6 is 22.9 Å². The largest absolute Gasteiger partial charge is 0.490 e. The molecule has 0 bridgehead atoms. The Hall–Kier alpha value is -3.77. The zero-order chi connectivity index (χ0) is 28.0. The van der Waals surface area contributed by atoms with Gasteiger partial charge in [0, 0.05) is 42.6 Å². The molecule has 1 aliphatic rings. The van der Waals surface area contributed by atoms with Crippen molar-refractivity contribution in [2.45, 2.75) is 13.1 Å². The van der Waals surface area contributed by atoms with E-state index < -0.39 is 18.1 Å². The molecule has 1 saturated heterocycles. The lowest BCUT2D eigenvalue weighted by Crippen LogP contribution is -2.47. The van der Waals surface area contributed by atoms with Crippen LogP contribution in [0.25, 0.3) is 0 Å². The van der Waals surface area contributed by atoms with E-state index in [-0.39, 0.29) is 11.5 Å². The standard InChI is InChI=1S/C23H22ClN3O3S.C2HF3O2/c1-15-4-5-16(24)13-20(15)27-10-8-26(9-11-27)19-7-6-17(14-18(19)23(29)30)25-22(28)21-3-2-12-31-21;3-2(4,5)1(6)7/h2-7,12-14H,8-11H2,1H3,(H,25,28)(H,29,30);(H,6,7). The van der Waals surface area contributed by atoms with Crippen molar-refractivity contribution in [2.75, 3.05) is 41.3 Å². The molecular formula is C25H23ClF3N3O5S. The van der Waals surface area contributed by atoms with Gasteiger partial charge in [-0.3, -0.25) is 4.79 Å². The zero-order valence-electron chi connectivity index (χ0n) is 20.0. The van der Waals surface area contributed by atoms with Crippen LogP contribution in [0.3, 0.4) is 0 Å². The predicted octanol–water partition coefficient (Wildman–Crippen LogP) is 5.62. The number of nitrogens with zero attached hydrogens (tertiary/aromatic N) is 2. The Kier molecular flexibility index (Phi) is 9.23. The van der Waals surface area contributed by atoms with Crippen LogP contribution in [0.2, 0.25) is 5.02 Å². The second-order valence-electron chi connectivity index (χ2n) is 8.18. The number of carboxylic acid groups (broad SMARTS) is 2. The SMILES string of the molecule is Cc1ccc(Cl)cc1N1CCN(c2ccc(NC(=O)c3cccs3)cc2C(=O)O)CC1.O=C(O)C(F)(F)F. The van der Waals surface area contributed by atoms with Gasteiger partial charge in [-0.2, -0.15) is 13.2 Å². The number of carboxylic acids is 2. The third-order valence-corrected chi connectivity index (χ3v) is 6.71. The van der Waals surface area contributed by atoms with E-state index in [9.17, 15) is 27.9 Å². The fourth-order valence-corrected chi connectivity index (χ4v) is 4.56. The average Bonchev–Trinajstić information content (AvgIpc) is 3.41. The van der Waals surface area contributed by atoms with Crippen molar-refractivity contribution in [3.05, 3.63) is 74.9 Å². The van der Waals surface area contributed by atoms with E-state index in [1.807, 2.05) is 23.6 Å². The predicted molar refractivity (Wildman–Crippen MR) is 140 cm³/mol. The van der Waals surface area contributed by atoms with Gasteiger partial charge in [-0.25, -0.2) is 9.59 Å². The third kappa shape index (κ3) is 7.39. The average molecular weight is 570 g/mol. The fraction of sp³-hybridized carbons (Fsp3) is 0.240. The molecule has 3 N–H and O–H groups in total. The second-order valence-corrected chi connectivity index (χ2v) is 9.56. The minimum absolute atomic E-state index is 0.177. The third-order valence-electron chi connectivity index (χ3n) is 5.60. The molecule has 3 aromatic rings. The summed E-state index contributed by atoms with van der Waals surface area (Å²) in [5.74, 6) is -4.02. The first kappa shape index (κ1) is 28.8. The number of carbonyl (C=O) groups is 3. The molecule has 202 valence electrons. The van der Waals surface area contributed by atoms with Crippen LogP contribution in [0.1, 0.15) is 25.6 Å². The number of aliphatic carboxylic acids is 1. The lowest BCUT2D eigenvalue weighted by atomic mass is 10.1. The molecule has 0 unspecified atom stereocenters. The molecule has 0 spiro atoms. The molecule has 0 radical (unpaired) electrons. The molecule has 4 rings (SSSR count). The van der Waals surface area contributed by atoms with Gasteiger partial charge < -0.3 is 25.3 Å². The van der Waals surface area contributed by atoms with Gasteiger partial charge in [0.25, 0.3) is 5.91 Å². The number of alkyl halides is 3. The normalized spacial score (nSPS) is 13.4. The van der Waals surface area contributed by atoms with Crippen molar-refractivity contribution in [1.29, 1.82) is 0 Å². The van der Waals surface area contributed by atoms with E-state index in [1.165, 1.54) is 17.4 Å². The summed E-state index contributed by atoms with van der Waals surface area (Å²) in [5, 5.41) is 22.2. The van der Waals surface area contributed by atoms with Crippen LogP contribution in [-0.4, -0.2) is 60.4 Å². The molecule has 0 saturated carbocycles. The number of hydrogen-bond donors (Lipinski definition) is 3. The minimum Gasteiger partial charge on any atom is -0.478 e. The Morgan fingerprint density at radius 3 is 2.08 bits per heavy atom. The molecule has 38 heavy (non-hydrogen) atoms. The Labute approximate surface area is 224 Å². The number of piperazine rings is 1. The molecule has 13 heteroatoms. The number of anilines is 3. The maximum absolute atomic E-state index is 12.3. The number of nitrogens with one attached hydrogen (secondary N) is 1. The van der Waals surface area contributed by atoms with Crippen LogP contribution in [0, 0.1) is 6.92 Å². The molecular weight excluding hydrogens is 547 g/mol. The number of amides is 1. The van der Waals surface area contributed by atoms with Crippen LogP contribution in [0.4, 0.5) is 30.2 Å². The van der Waals surface area contributed by atoms with Gasteiger partial charge in [0.1, 0.15) is 0 Å². The topological polar surface area (TPSA) is 110 Å². The highest BCUT2D eigenvalue weighted by atomic mass is 35.5. The first-order chi connectivity index (χ1) is 17.9. The molecule has 1 aromatic heterocycles. The number of benzene rings is 2. The smallest absolute Gasteiger partial charge is 0.478 e. The summed E-state index contributed by atoms with van der Waals surface area (Å²) in [5.41, 5.74) is 3.57. The van der Waals surface area contributed by atoms with Crippen LogP contribution in [0.5, 0.6) is 0 Å². The lowest BCUT2D eigenvalue weighted by molar-refractivity contribution is -0.192. The van der Waals surface area contributed by atoms with Crippen molar-refractivity contribution in [3.8, 4) is 0 Å². The number of halogens is 4. The van der Waals surface area contributed by atoms with Crippen LogP contribution in [-0.2, 0) is 4.79 Å². The van der Waals surface area contributed by atoms with Crippen molar-refractivity contribution < 1.29 is 37.8 Å². The van der Waals surface area contributed by atoms with Crippen molar-refractivity contribution in [1.82, 2.24) is 0 Å². The maximum atomic E-state index is 12.3. The summed E-state index contributed by atoms with van der Waals surface area (Å²) in [6.07, 6.45) is -5.08. The highest BCUT2D eigenvalue weighted by Crippen LogP contribution is 2.29. The molecule has 2 heterocycles. The molecule has 1 amide bonds. The first-order valence-electron chi connectivity index (χ1n) is 11.1. The van der Waals surface area contributed by atoms with E-state index in [0.29, 0.717) is 34.4 Å². The zero-order valence-corrected chi connectivity index (χ0v) is 21.5. The Morgan fingerprint density at radius 1 is 0.947 bits per heavy atom. The van der Waals surface area contributed by atoms with Crippen molar-refractivity contribution in [3.63, 3.8) is 0 Å². The van der Waals surface area contributed by atoms with Gasteiger partial charge in [0.2, 0.25) is 0 Å². The Balaban J connectivity index is 0.000000505. The molecule has 2 aromatic carbocycles. The first-order valence-corrected chi connectivity index (χ1v) is 12.4. The molecule has 1 aliphatic heterocycles. The van der Waals surface area contributed by atoms with Crippen molar-refractivity contribution >= 4 is 57.8 Å². The van der Waals surface area contributed by atoms with E-state index in [1.54, 1.807) is 24.3 Å². The molecule has 0 atom stereocenters. The van der Waals surface area contributed by atoms with Gasteiger partial charge in [-0.15, -0.1) is 11.3 Å². The number of aryl methyl sites for hydroxylation is 1. The highest BCUT2D eigenvalue weighted by Gasteiger charge is 2.38. The van der Waals surface area contributed by atoms with Gasteiger partial charge in [-0.05, 0) is 54.3 Å². The number of carbonyl (C=O) groups excluding carboxylic acids is 1. The quantitative estimate of drug-likeness (QED) is 0.366. The van der Waals surface area contributed by atoms with Gasteiger partial charge in [0.15, 0.2) is 0 Å². The second kappa shape index (κ2) is 12.2. The van der Waals surface area contributed by atoms with Gasteiger partial charge in [-0.1, -0.05) is 23.7 Å². The van der Waals surface area contributed by atoms with Crippen LogP contribution in [0.15, 0.2) is 53.9 Å². The molecule has 8 nitrogen and oxygen atoms in total. The summed E-state index contributed by atoms with van der Waals surface area (Å²) >= 11 is 7.51. The molecule has 0 aliphatic carbocycles. The fourth-order valence-electron chi connectivity index (χ4n) is 3.77. The highest BCUT2D eigenvalue weighted by molar-refractivity contribution is 7.12. The summed E-state index contributed by atoms with van der Waals surface area (Å²) in [7, 11) is 0. The van der Waals surface area contributed by atoms with E-state index in [0.717, 1.165) is 24.3 Å².